The largest absolute Gasteiger partial charge is 0.490 e. The first-order valence-corrected chi connectivity index (χ1v) is 5.77. The van der Waals surface area contributed by atoms with E-state index >= 15 is 0 Å². The maximum Gasteiger partial charge on any atom is 0.255 e. The van der Waals surface area contributed by atoms with Crippen molar-refractivity contribution in [3.63, 3.8) is 0 Å². The first-order valence-electron chi connectivity index (χ1n) is 5.77. The fourth-order valence-electron chi connectivity index (χ4n) is 1.72. The van der Waals surface area contributed by atoms with Crippen LogP contribution in [0.2, 0.25) is 0 Å². The number of carbonyl (C=O) groups excluding carboxylic acids is 1. The van der Waals surface area contributed by atoms with Gasteiger partial charge in [0.1, 0.15) is 5.75 Å². The highest BCUT2D eigenvalue weighted by molar-refractivity contribution is 5.98. The third-order valence-electron chi connectivity index (χ3n) is 2.77. The van der Waals surface area contributed by atoms with Gasteiger partial charge in [0.25, 0.3) is 5.91 Å². The Bertz CT molecular complexity index is 397. The zero-order valence-corrected chi connectivity index (χ0v) is 9.75. The lowest BCUT2D eigenvalue weighted by atomic mass is 10.0. The van der Waals surface area contributed by atoms with Crippen LogP contribution in [0.25, 0.3) is 0 Å². The Morgan fingerprint density at radius 1 is 1.50 bits per heavy atom. The van der Waals surface area contributed by atoms with Crippen LogP contribution < -0.4 is 10.1 Å². The summed E-state index contributed by atoms with van der Waals surface area (Å²) >= 11 is 0. The summed E-state index contributed by atoms with van der Waals surface area (Å²) in [7, 11) is 1.65. The molecule has 2 rings (SSSR count). The molecule has 86 valence electrons. The van der Waals surface area contributed by atoms with Crippen LogP contribution in [0.15, 0.2) is 18.2 Å². The molecule has 0 saturated heterocycles. The summed E-state index contributed by atoms with van der Waals surface area (Å²) in [5.41, 5.74) is 1.73. The van der Waals surface area contributed by atoms with Gasteiger partial charge in [-0.25, -0.2) is 0 Å². The van der Waals surface area contributed by atoms with Crippen molar-refractivity contribution < 1.29 is 9.53 Å². The van der Waals surface area contributed by atoms with Crippen molar-refractivity contribution in [3.05, 3.63) is 29.3 Å². The van der Waals surface area contributed by atoms with Crippen molar-refractivity contribution in [3.8, 4) is 5.75 Å². The summed E-state index contributed by atoms with van der Waals surface area (Å²) < 4.78 is 5.76. The Hall–Kier alpha value is -1.51. The molecule has 0 bridgehead atoms. The smallest absolute Gasteiger partial charge is 0.255 e. The van der Waals surface area contributed by atoms with E-state index in [0.717, 1.165) is 30.6 Å². The summed E-state index contributed by atoms with van der Waals surface area (Å²) in [5.74, 6) is 0.661. The number of ether oxygens (including phenoxy) is 1. The third-order valence-corrected chi connectivity index (χ3v) is 2.77. The molecule has 1 fully saturated rings. The summed E-state index contributed by atoms with van der Waals surface area (Å²) in [6.45, 7) is 2.04. The lowest BCUT2D eigenvalue weighted by molar-refractivity contribution is 0.0957. The molecule has 16 heavy (non-hydrogen) atoms. The molecule has 3 heteroatoms. The summed E-state index contributed by atoms with van der Waals surface area (Å²) in [5, 5.41) is 2.67. The Balaban J connectivity index is 2.36. The summed E-state index contributed by atoms with van der Waals surface area (Å²) in [6.07, 6.45) is 3.35. The van der Waals surface area contributed by atoms with E-state index in [4.69, 9.17) is 4.74 Å². The SMILES string of the molecule is CCc1cccc(OC2CC2)c1C(=O)NC. The van der Waals surface area contributed by atoms with Crippen LogP contribution in [-0.4, -0.2) is 19.1 Å². The second kappa shape index (κ2) is 4.56. The normalized spacial score (nSPS) is 14.6. The maximum atomic E-state index is 11.8. The van der Waals surface area contributed by atoms with Crippen molar-refractivity contribution in [1.82, 2.24) is 5.32 Å². The third kappa shape index (κ3) is 2.18. The van der Waals surface area contributed by atoms with E-state index in [-0.39, 0.29) is 5.91 Å². The van der Waals surface area contributed by atoms with Crippen molar-refractivity contribution in [2.45, 2.75) is 32.3 Å². The van der Waals surface area contributed by atoms with E-state index < -0.39 is 0 Å². The standard InChI is InChI=1S/C13H17NO2/c1-3-9-5-4-6-11(16-10-7-8-10)12(9)13(15)14-2/h4-6,10H,3,7-8H2,1-2H3,(H,14,15). The van der Waals surface area contributed by atoms with Crippen molar-refractivity contribution >= 4 is 5.91 Å². The predicted molar refractivity (Wildman–Crippen MR) is 62.9 cm³/mol. The van der Waals surface area contributed by atoms with Gasteiger partial charge in [0.15, 0.2) is 0 Å². The van der Waals surface area contributed by atoms with E-state index in [9.17, 15) is 4.79 Å². The molecule has 1 saturated carbocycles. The fraction of sp³-hybridized carbons (Fsp3) is 0.462. The summed E-state index contributed by atoms with van der Waals surface area (Å²) in [6, 6.07) is 5.80. The Morgan fingerprint density at radius 3 is 2.81 bits per heavy atom. The minimum absolute atomic E-state index is 0.0619. The minimum Gasteiger partial charge on any atom is -0.490 e. The highest BCUT2D eigenvalue weighted by atomic mass is 16.5. The van der Waals surface area contributed by atoms with Gasteiger partial charge >= 0.3 is 0 Å². The zero-order chi connectivity index (χ0) is 11.5. The molecule has 1 N–H and O–H groups in total. The second-order valence-corrected chi connectivity index (χ2v) is 4.04. The van der Waals surface area contributed by atoms with Gasteiger partial charge < -0.3 is 10.1 Å². The molecular formula is C13H17NO2. The number of nitrogens with one attached hydrogen (secondary N) is 1. The Labute approximate surface area is 95.8 Å². The van der Waals surface area contributed by atoms with Gasteiger partial charge in [-0.05, 0) is 30.9 Å². The van der Waals surface area contributed by atoms with Crippen LogP contribution in [0, 0.1) is 0 Å². The molecule has 0 aliphatic heterocycles. The molecular weight excluding hydrogens is 202 g/mol. The molecule has 1 amide bonds. The van der Waals surface area contributed by atoms with Crippen LogP contribution in [0.3, 0.4) is 0 Å². The van der Waals surface area contributed by atoms with Gasteiger partial charge in [0.05, 0.1) is 11.7 Å². The van der Waals surface area contributed by atoms with E-state index in [0.29, 0.717) is 11.7 Å². The quantitative estimate of drug-likeness (QED) is 0.842. The van der Waals surface area contributed by atoms with Crippen molar-refractivity contribution in [2.75, 3.05) is 7.05 Å². The number of benzene rings is 1. The van der Waals surface area contributed by atoms with Crippen LogP contribution in [0.5, 0.6) is 5.75 Å². The maximum absolute atomic E-state index is 11.8. The van der Waals surface area contributed by atoms with Gasteiger partial charge in [-0.1, -0.05) is 19.1 Å². The van der Waals surface area contributed by atoms with E-state index in [1.165, 1.54) is 0 Å². The van der Waals surface area contributed by atoms with Gasteiger partial charge in [0.2, 0.25) is 0 Å². The highest BCUT2D eigenvalue weighted by Gasteiger charge is 2.26. The molecule has 0 unspecified atom stereocenters. The molecule has 1 aromatic rings. The number of amides is 1. The fourth-order valence-corrected chi connectivity index (χ4v) is 1.72. The molecule has 1 aliphatic carbocycles. The first kappa shape index (κ1) is 11.0. The number of carbonyl (C=O) groups is 1. The lowest BCUT2D eigenvalue weighted by Crippen LogP contribution is -2.21. The molecule has 0 heterocycles. The highest BCUT2D eigenvalue weighted by Crippen LogP contribution is 2.30. The zero-order valence-electron chi connectivity index (χ0n) is 9.75. The number of hydrogen-bond donors (Lipinski definition) is 1. The van der Waals surface area contributed by atoms with Gasteiger partial charge in [0, 0.05) is 7.05 Å². The molecule has 0 spiro atoms. The Morgan fingerprint density at radius 2 is 2.25 bits per heavy atom. The van der Waals surface area contributed by atoms with Gasteiger partial charge in [-0.2, -0.15) is 0 Å². The average molecular weight is 219 g/mol. The van der Waals surface area contributed by atoms with E-state index in [1.807, 2.05) is 25.1 Å². The van der Waals surface area contributed by atoms with Crippen molar-refractivity contribution in [1.29, 1.82) is 0 Å². The Kier molecular flexibility index (Phi) is 3.13. The van der Waals surface area contributed by atoms with Crippen LogP contribution in [-0.2, 0) is 6.42 Å². The van der Waals surface area contributed by atoms with Gasteiger partial charge in [-0.15, -0.1) is 0 Å². The lowest BCUT2D eigenvalue weighted by Gasteiger charge is -2.13. The second-order valence-electron chi connectivity index (χ2n) is 4.04. The van der Waals surface area contributed by atoms with E-state index in [2.05, 4.69) is 5.32 Å². The molecule has 1 aliphatic rings. The monoisotopic (exact) mass is 219 g/mol. The average Bonchev–Trinajstić information content (AvgIpc) is 3.11. The topological polar surface area (TPSA) is 38.3 Å². The first-order chi connectivity index (χ1) is 7.76. The molecule has 0 radical (unpaired) electrons. The summed E-state index contributed by atoms with van der Waals surface area (Å²) in [4.78, 5) is 11.8. The molecule has 0 aromatic heterocycles. The number of aryl methyl sites for hydroxylation is 1. The van der Waals surface area contributed by atoms with Crippen LogP contribution in [0.1, 0.15) is 35.7 Å². The van der Waals surface area contributed by atoms with Crippen LogP contribution in [0.4, 0.5) is 0 Å². The molecule has 3 nitrogen and oxygen atoms in total. The minimum atomic E-state index is -0.0619. The van der Waals surface area contributed by atoms with E-state index in [1.54, 1.807) is 7.05 Å². The molecule has 0 atom stereocenters. The predicted octanol–water partition coefficient (Wildman–Crippen LogP) is 2.15. The number of rotatable bonds is 4. The molecule has 1 aromatic carbocycles. The van der Waals surface area contributed by atoms with Crippen molar-refractivity contribution in [2.24, 2.45) is 0 Å². The van der Waals surface area contributed by atoms with Gasteiger partial charge in [-0.3, -0.25) is 4.79 Å². The van der Waals surface area contributed by atoms with Crippen LogP contribution >= 0.6 is 0 Å². The number of hydrogen-bond acceptors (Lipinski definition) is 2.